The summed E-state index contributed by atoms with van der Waals surface area (Å²) in [7, 11) is 0. The van der Waals surface area contributed by atoms with Gasteiger partial charge in [0.2, 0.25) is 0 Å². The number of nitrogens with zero attached hydrogens (tertiary/aromatic N) is 3. The number of anilines is 1. The molecule has 6 nitrogen and oxygen atoms in total. The van der Waals surface area contributed by atoms with Crippen LogP contribution < -0.4 is 10.2 Å². The minimum absolute atomic E-state index is 0.326. The summed E-state index contributed by atoms with van der Waals surface area (Å²) in [4.78, 5) is 26.7. The Kier molecular flexibility index (Phi) is 5.78. The van der Waals surface area contributed by atoms with Crippen molar-refractivity contribution < 1.29 is 9.59 Å². The first-order valence-corrected chi connectivity index (χ1v) is 9.56. The van der Waals surface area contributed by atoms with Crippen LogP contribution in [0.15, 0.2) is 59.7 Å². The van der Waals surface area contributed by atoms with E-state index in [9.17, 15) is 9.59 Å². The highest BCUT2D eigenvalue weighted by atomic mass is 16.2. The van der Waals surface area contributed by atoms with Crippen LogP contribution in [0.2, 0.25) is 0 Å². The fourth-order valence-electron chi connectivity index (χ4n) is 3.10. The van der Waals surface area contributed by atoms with Crippen molar-refractivity contribution in [3.05, 3.63) is 65.7 Å². The van der Waals surface area contributed by atoms with Gasteiger partial charge in [0, 0.05) is 18.8 Å². The van der Waals surface area contributed by atoms with Gasteiger partial charge in [-0.15, -0.1) is 5.01 Å². The molecule has 6 heteroatoms. The van der Waals surface area contributed by atoms with Gasteiger partial charge in [-0.25, -0.2) is 4.79 Å². The third-order valence-corrected chi connectivity index (χ3v) is 5.13. The van der Waals surface area contributed by atoms with Gasteiger partial charge >= 0.3 is 6.03 Å². The van der Waals surface area contributed by atoms with Gasteiger partial charge in [-0.2, -0.15) is 5.10 Å². The summed E-state index contributed by atoms with van der Waals surface area (Å²) in [6.07, 6.45) is 2.06. The maximum Gasteiger partial charge on any atom is 0.346 e. The number of rotatable bonds is 7. The molecule has 1 N–H and O–H groups in total. The third-order valence-electron chi connectivity index (χ3n) is 5.13. The zero-order valence-corrected chi connectivity index (χ0v) is 16.6. The number of nitrogens with one attached hydrogen (secondary N) is 1. The van der Waals surface area contributed by atoms with Gasteiger partial charge in [0.05, 0.1) is 6.21 Å². The Morgan fingerprint density at radius 2 is 1.75 bits per heavy atom. The van der Waals surface area contributed by atoms with Crippen molar-refractivity contribution >= 4 is 23.8 Å². The smallest absolute Gasteiger partial charge is 0.346 e. The van der Waals surface area contributed by atoms with Gasteiger partial charge in [0.1, 0.15) is 5.54 Å². The summed E-state index contributed by atoms with van der Waals surface area (Å²) in [5.74, 6) is -0.326. The molecule has 1 saturated heterocycles. The minimum Gasteiger partial charge on any atom is -0.367 e. The van der Waals surface area contributed by atoms with E-state index in [2.05, 4.69) is 34.4 Å². The Morgan fingerprint density at radius 1 is 1.07 bits per heavy atom. The van der Waals surface area contributed by atoms with Crippen LogP contribution in [-0.4, -0.2) is 35.2 Å². The summed E-state index contributed by atoms with van der Waals surface area (Å²) in [5.41, 5.74) is 2.31. The van der Waals surface area contributed by atoms with Crippen LogP contribution in [0.4, 0.5) is 10.5 Å². The second-order valence-electron chi connectivity index (χ2n) is 7.07. The first-order chi connectivity index (χ1) is 13.5. The van der Waals surface area contributed by atoms with Crippen LogP contribution in [0.25, 0.3) is 0 Å². The van der Waals surface area contributed by atoms with Crippen LogP contribution in [0.3, 0.4) is 0 Å². The molecule has 0 aliphatic carbocycles. The lowest BCUT2D eigenvalue weighted by molar-refractivity contribution is -0.130. The van der Waals surface area contributed by atoms with Crippen LogP contribution in [-0.2, 0) is 11.3 Å². The van der Waals surface area contributed by atoms with E-state index in [0.717, 1.165) is 29.3 Å². The summed E-state index contributed by atoms with van der Waals surface area (Å²) < 4.78 is 0. The second-order valence-corrected chi connectivity index (χ2v) is 7.07. The normalized spacial score (nSPS) is 19.3. The molecule has 3 amide bonds. The monoisotopic (exact) mass is 378 g/mol. The third kappa shape index (κ3) is 4.06. The second kappa shape index (κ2) is 8.25. The molecular weight excluding hydrogens is 352 g/mol. The Balaban J connectivity index is 1.69. The maximum atomic E-state index is 12.4. The molecule has 2 aromatic rings. The van der Waals surface area contributed by atoms with Crippen LogP contribution in [0.1, 0.15) is 38.3 Å². The highest BCUT2D eigenvalue weighted by Gasteiger charge is 2.46. The van der Waals surface area contributed by atoms with Gasteiger partial charge < -0.3 is 10.2 Å². The van der Waals surface area contributed by atoms with Crippen molar-refractivity contribution in [2.45, 2.75) is 39.3 Å². The topological polar surface area (TPSA) is 65.0 Å². The Labute approximate surface area is 165 Å². The quantitative estimate of drug-likeness (QED) is 0.589. The number of urea groups is 1. The molecule has 0 aromatic heterocycles. The summed E-state index contributed by atoms with van der Waals surface area (Å²) in [5, 5.41) is 7.69. The molecule has 3 rings (SSSR count). The van der Waals surface area contributed by atoms with E-state index in [1.165, 1.54) is 11.8 Å². The molecule has 0 bridgehead atoms. The van der Waals surface area contributed by atoms with Crippen molar-refractivity contribution in [2.75, 3.05) is 11.4 Å². The lowest BCUT2D eigenvalue weighted by atomic mass is 10.00. The zero-order chi connectivity index (χ0) is 20.1. The molecular formula is C22H26N4O2. The van der Waals surface area contributed by atoms with Crippen LogP contribution in [0, 0.1) is 0 Å². The Hall–Kier alpha value is -3.15. The number of carbonyl (C=O) groups is 2. The molecule has 1 atom stereocenters. The molecule has 0 saturated carbocycles. The largest absolute Gasteiger partial charge is 0.367 e. The lowest BCUT2D eigenvalue weighted by Gasteiger charge is -2.23. The lowest BCUT2D eigenvalue weighted by Crippen LogP contribution is -2.42. The number of carbonyl (C=O) groups excluding carboxylic acids is 2. The van der Waals surface area contributed by atoms with E-state index in [4.69, 9.17) is 0 Å². The van der Waals surface area contributed by atoms with E-state index in [1.807, 2.05) is 49.4 Å². The van der Waals surface area contributed by atoms with Crippen molar-refractivity contribution in [3.8, 4) is 0 Å². The number of amides is 3. The van der Waals surface area contributed by atoms with Crippen LogP contribution >= 0.6 is 0 Å². The number of hydrazone groups is 1. The average Bonchev–Trinajstić information content (AvgIpc) is 2.94. The Bertz CT molecular complexity index is 864. The summed E-state index contributed by atoms with van der Waals surface area (Å²) in [6.45, 7) is 7.42. The van der Waals surface area contributed by atoms with E-state index in [1.54, 1.807) is 6.92 Å². The molecule has 0 radical (unpaired) electrons. The van der Waals surface area contributed by atoms with Gasteiger partial charge in [-0.1, -0.05) is 49.4 Å². The molecule has 1 heterocycles. The average molecular weight is 378 g/mol. The maximum absolute atomic E-state index is 12.4. The number of hydrogen-bond donors (Lipinski definition) is 1. The first-order valence-electron chi connectivity index (χ1n) is 9.56. The van der Waals surface area contributed by atoms with Crippen molar-refractivity contribution in [1.29, 1.82) is 0 Å². The summed E-state index contributed by atoms with van der Waals surface area (Å²) >= 11 is 0. The van der Waals surface area contributed by atoms with E-state index in [0.29, 0.717) is 6.42 Å². The van der Waals surface area contributed by atoms with Crippen molar-refractivity contribution in [1.82, 2.24) is 10.3 Å². The van der Waals surface area contributed by atoms with Gasteiger partial charge in [-0.05, 0) is 43.5 Å². The molecule has 2 aromatic carbocycles. The molecule has 1 fully saturated rings. The van der Waals surface area contributed by atoms with Gasteiger partial charge in [0.15, 0.2) is 0 Å². The summed E-state index contributed by atoms with van der Waals surface area (Å²) in [6, 6.07) is 17.8. The number of imide groups is 1. The van der Waals surface area contributed by atoms with Crippen molar-refractivity contribution in [3.63, 3.8) is 0 Å². The fourth-order valence-corrected chi connectivity index (χ4v) is 3.10. The van der Waals surface area contributed by atoms with E-state index < -0.39 is 11.6 Å². The zero-order valence-electron chi connectivity index (χ0n) is 16.6. The Morgan fingerprint density at radius 3 is 2.32 bits per heavy atom. The van der Waals surface area contributed by atoms with Crippen LogP contribution in [0.5, 0.6) is 0 Å². The predicted molar refractivity (Wildman–Crippen MR) is 111 cm³/mol. The molecule has 0 unspecified atom stereocenters. The van der Waals surface area contributed by atoms with Gasteiger partial charge in [-0.3, -0.25) is 4.79 Å². The standard InChI is InChI=1S/C22H26N4O2/c1-4-22(3)20(27)26(21(28)24-22)23-15-17-11-13-19(14-12-17)25(5-2)16-18-9-7-6-8-10-18/h6-15H,4-5,16H2,1-3H3,(H,24,28)/b23-15-/t22-/m1/s1. The molecule has 1 aliphatic rings. The number of benzene rings is 2. The number of hydrogen-bond acceptors (Lipinski definition) is 4. The minimum atomic E-state index is -0.878. The molecule has 146 valence electrons. The fraction of sp³-hybridized carbons (Fsp3) is 0.318. The highest BCUT2D eigenvalue weighted by molar-refractivity contribution is 6.07. The molecule has 0 spiro atoms. The predicted octanol–water partition coefficient (Wildman–Crippen LogP) is 3.77. The molecule has 1 aliphatic heterocycles. The first kappa shape index (κ1) is 19.6. The highest BCUT2D eigenvalue weighted by Crippen LogP contribution is 2.21. The van der Waals surface area contributed by atoms with Gasteiger partial charge in [0.25, 0.3) is 5.91 Å². The van der Waals surface area contributed by atoms with E-state index in [-0.39, 0.29) is 5.91 Å². The van der Waals surface area contributed by atoms with Crippen molar-refractivity contribution in [2.24, 2.45) is 5.10 Å². The SMILES string of the molecule is CCN(Cc1ccccc1)c1ccc(/C=N\N2C(=O)N[C@](C)(CC)C2=O)cc1. The van der Waals surface area contributed by atoms with E-state index >= 15 is 0 Å². The molecule has 28 heavy (non-hydrogen) atoms.